The molecular formula is C19H26O6. The third kappa shape index (κ3) is 3.72. The summed E-state index contributed by atoms with van der Waals surface area (Å²) in [4.78, 5) is 25.2. The number of ether oxygens (including phenoxy) is 4. The van der Waals surface area contributed by atoms with E-state index in [4.69, 9.17) is 18.9 Å². The van der Waals surface area contributed by atoms with Gasteiger partial charge in [-0.3, -0.25) is 9.59 Å². The number of carbonyl (C=O) groups excluding carboxylic acids is 2. The number of benzene rings is 1. The third-order valence-electron chi connectivity index (χ3n) is 4.19. The van der Waals surface area contributed by atoms with E-state index in [1.54, 1.807) is 53.0 Å². The third-order valence-corrected chi connectivity index (χ3v) is 4.19. The van der Waals surface area contributed by atoms with Crippen LogP contribution in [0.25, 0.3) is 0 Å². The summed E-state index contributed by atoms with van der Waals surface area (Å²) in [6.07, 6.45) is 0.357. The average molecular weight is 350 g/mol. The highest BCUT2D eigenvalue weighted by molar-refractivity contribution is 5.96. The lowest BCUT2D eigenvalue weighted by atomic mass is 9.92. The van der Waals surface area contributed by atoms with E-state index in [0.29, 0.717) is 23.5 Å². The fraction of sp³-hybridized carbons (Fsp3) is 0.579. The zero-order valence-corrected chi connectivity index (χ0v) is 15.7. The highest BCUT2D eigenvalue weighted by Gasteiger charge is 2.67. The summed E-state index contributed by atoms with van der Waals surface area (Å²) in [6, 6.07) is 5.22. The minimum absolute atomic E-state index is 0.270. The molecule has 6 nitrogen and oxygen atoms in total. The van der Waals surface area contributed by atoms with Crippen LogP contribution in [0.2, 0.25) is 0 Å². The van der Waals surface area contributed by atoms with Crippen LogP contribution in [0.1, 0.15) is 39.7 Å². The lowest BCUT2D eigenvalue weighted by Crippen LogP contribution is -2.34. The molecule has 1 aromatic rings. The maximum Gasteiger partial charge on any atom is 0.318 e. The van der Waals surface area contributed by atoms with E-state index >= 15 is 0 Å². The monoisotopic (exact) mass is 350 g/mol. The Bertz CT molecular complexity index is 660. The van der Waals surface area contributed by atoms with E-state index in [9.17, 15) is 9.59 Å². The van der Waals surface area contributed by atoms with Crippen molar-refractivity contribution < 1.29 is 28.5 Å². The van der Waals surface area contributed by atoms with Crippen LogP contribution in [0, 0.1) is 5.92 Å². The molecule has 0 amide bonds. The van der Waals surface area contributed by atoms with Gasteiger partial charge in [0.15, 0.2) is 11.5 Å². The molecule has 0 heterocycles. The van der Waals surface area contributed by atoms with Gasteiger partial charge in [-0.15, -0.1) is 0 Å². The van der Waals surface area contributed by atoms with Gasteiger partial charge in [0.2, 0.25) is 0 Å². The van der Waals surface area contributed by atoms with Crippen LogP contribution >= 0.6 is 0 Å². The Morgan fingerprint density at radius 1 is 1.16 bits per heavy atom. The Labute approximate surface area is 148 Å². The summed E-state index contributed by atoms with van der Waals surface area (Å²) in [6.45, 7) is 7.41. The number of hydrogen-bond acceptors (Lipinski definition) is 6. The van der Waals surface area contributed by atoms with E-state index in [2.05, 4.69) is 0 Å². The first-order valence-electron chi connectivity index (χ1n) is 8.32. The van der Waals surface area contributed by atoms with Crippen LogP contribution in [-0.4, -0.2) is 38.4 Å². The minimum Gasteiger partial charge on any atom is -0.493 e. The molecule has 1 aromatic carbocycles. The second kappa shape index (κ2) is 6.94. The molecule has 6 heteroatoms. The van der Waals surface area contributed by atoms with Crippen molar-refractivity contribution in [2.75, 3.05) is 20.8 Å². The van der Waals surface area contributed by atoms with E-state index in [-0.39, 0.29) is 12.6 Å². The van der Waals surface area contributed by atoms with Gasteiger partial charge in [-0.25, -0.2) is 0 Å². The first-order valence-corrected chi connectivity index (χ1v) is 8.32. The van der Waals surface area contributed by atoms with Crippen LogP contribution < -0.4 is 9.47 Å². The quantitative estimate of drug-likeness (QED) is 0.735. The zero-order valence-electron chi connectivity index (χ0n) is 15.7. The van der Waals surface area contributed by atoms with Gasteiger partial charge < -0.3 is 18.9 Å². The minimum atomic E-state index is -1.04. The highest BCUT2D eigenvalue weighted by Crippen LogP contribution is 2.57. The van der Waals surface area contributed by atoms with E-state index < -0.39 is 22.9 Å². The molecule has 1 fully saturated rings. The molecule has 1 aliphatic carbocycles. The second-order valence-corrected chi connectivity index (χ2v) is 7.05. The van der Waals surface area contributed by atoms with Crippen molar-refractivity contribution >= 4 is 11.9 Å². The van der Waals surface area contributed by atoms with Crippen LogP contribution in [0.15, 0.2) is 18.2 Å². The van der Waals surface area contributed by atoms with Crippen molar-refractivity contribution in [2.24, 2.45) is 5.92 Å². The number of hydrogen-bond donors (Lipinski definition) is 0. The molecule has 0 aromatic heterocycles. The summed E-state index contributed by atoms with van der Waals surface area (Å²) in [5.41, 5.74) is -1.03. The standard InChI is InChI=1S/C19H26O6/c1-7-24-16(20)13-11-19(13,17(21)25-18(2,3)4)12-8-9-14(22-5)15(10-12)23-6/h8-10,13H,7,11H2,1-6H3/t13-,19-/m0/s1. The molecule has 0 bridgehead atoms. The summed E-state index contributed by atoms with van der Waals surface area (Å²) in [5, 5.41) is 0. The van der Waals surface area contributed by atoms with Gasteiger partial charge in [0.05, 0.1) is 26.7 Å². The van der Waals surface area contributed by atoms with Crippen LogP contribution in [0.5, 0.6) is 11.5 Å². The first kappa shape index (κ1) is 19.1. The number of methoxy groups -OCH3 is 2. The Balaban J connectivity index is 2.44. The van der Waals surface area contributed by atoms with Crippen molar-refractivity contribution in [2.45, 2.75) is 45.1 Å². The zero-order chi connectivity index (χ0) is 18.8. The Kier molecular flexibility index (Phi) is 5.30. The maximum atomic E-state index is 12.9. The van der Waals surface area contributed by atoms with Gasteiger partial charge in [0.1, 0.15) is 11.0 Å². The topological polar surface area (TPSA) is 71.1 Å². The number of carbonyl (C=O) groups is 2. The fourth-order valence-corrected chi connectivity index (χ4v) is 2.94. The van der Waals surface area contributed by atoms with E-state index in [0.717, 1.165) is 0 Å². The summed E-state index contributed by atoms with van der Waals surface area (Å²) >= 11 is 0. The lowest BCUT2D eigenvalue weighted by Gasteiger charge is -2.25. The normalized spacial score (nSPS) is 22.1. The van der Waals surface area contributed by atoms with Crippen molar-refractivity contribution in [3.05, 3.63) is 23.8 Å². The molecule has 0 radical (unpaired) electrons. The van der Waals surface area contributed by atoms with E-state index in [1.165, 1.54) is 7.11 Å². The second-order valence-electron chi connectivity index (χ2n) is 7.05. The first-order chi connectivity index (χ1) is 11.7. The molecule has 2 rings (SSSR count). The molecule has 0 spiro atoms. The molecule has 2 atom stereocenters. The number of esters is 2. The van der Waals surface area contributed by atoms with Crippen molar-refractivity contribution in [3.63, 3.8) is 0 Å². The number of rotatable bonds is 6. The predicted molar refractivity (Wildman–Crippen MR) is 91.8 cm³/mol. The average Bonchev–Trinajstić information content (AvgIpc) is 3.30. The molecule has 0 aliphatic heterocycles. The summed E-state index contributed by atoms with van der Waals surface area (Å²) in [7, 11) is 3.07. The largest absolute Gasteiger partial charge is 0.493 e. The maximum absolute atomic E-state index is 12.9. The molecule has 0 N–H and O–H groups in total. The summed E-state index contributed by atoms with van der Waals surface area (Å²) < 4.78 is 21.3. The summed E-state index contributed by atoms with van der Waals surface area (Å²) in [5.74, 6) is -0.315. The Hall–Kier alpha value is -2.24. The smallest absolute Gasteiger partial charge is 0.318 e. The molecule has 1 aliphatic rings. The van der Waals surface area contributed by atoms with Gasteiger partial charge in [0, 0.05) is 0 Å². The molecule has 0 unspecified atom stereocenters. The van der Waals surface area contributed by atoms with Gasteiger partial charge >= 0.3 is 11.9 Å². The highest BCUT2D eigenvalue weighted by atomic mass is 16.6. The Morgan fingerprint density at radius 3 is 2.32 bits per heavy atom. The lowest BCUT2D eigenvalue weighted by molar-refractivity contribution is -0.161. The predicted octanol–water partition coefficient (Wildman–Crippen LogP) is 2.87. The van der Waals surface area contributed by atoms with Crippen LogP contribution in [0.3, 0.4) is 0 Å². The van der Waals surface area contributed by atoms with Crippen molar-refractivity contribution in [1.82, 2.24) is 0 Å². The van der Waals surface area contributed by atoms with Crippen LogP contribution in [-0.2, 0) is 24.5 Å². The molecule has 138 valence electrons. The Morgan fingerprint density at radius 2 is 1.80 bits per heavy atom. The molecule has 1 saturated carbocycles. The van der Waals surface area contributed by atoms with Gasteiger partial charge in [-0.1, -0.05) is 6.07 Å². The fourth-order valence-electron chi connectivity index (χ4n) is 2.94. The SMILES string of the molecule is CCOC(=O)[C@@H]1C[C@]1(C(=O)OC(C)(C)C)c1ccc(OC)c(OC)c1. The van der Waals surface area contributed by atoms with Crippen molar-refractivity contribution in [3.8, 4) is 11.5 Å². The molecule has 0 saturated heterocycles. The van der Waals surface area contributed by atoms with Gasteiger partial charge in [-0.2, -0.15) is 0 Å². The van der Waals surface area contributed by atoms with Crippen molar-refractivity contribution in [1.29, 1.82) is 0 Å². The molecular weight excluding hydrogens is 324 g/mol. The van der Waals surface area contributed by atoms with Crippen LogP contribution in [0.4, 0.5) is 0 Å². The van der Waals surface area contributed by atoms with Gasteiger partial charge in [0.25, 0.3) is 0 Å². The van der Waals surface area contributed by atoms with Gasteiger partial charge in [-0.05, 0) is 51.8 Å². The van der Waals surface area contributed by atoms with E-state index in [1.807, 2.05) is 0 Å². The molecule has 25 heavy (non-hydrogen) atoms.